The first-order valence-electron chi connectivity index (χ1n) is 7.16. The van der Waals surface area contributed by atoms with Crippen LogP contribution in [-0.2, 0) is 4.74 Å². The second kappa shape index (κ2) is 5.94. The van der Waals surface area contributed by atoms with Gasteiger partial charge in [-0.05, 0) is 0 Å². The zero-order valence-corrected chi connectivity index (χ0v) is 12.9. The molecular formula is C13H17N5O6. The normalized spacial score (nSPS) is 26.9. The average molecular weight is 339 g/mol. The number of nitrogens with zero attached hydrogens (tertiary/aromatic N) is 4. The molecule has 4 N–H and O–H groups in total. The number of rotatable bonds is 3. The Kier molecular flexibility index (Phi) is 4.09. The number of ether oxygens (including phenoxy) is 1. The Morgan fingerprint density at radius 1 is 1.33 bits per heavy atom. The van der Waals surface area contributed by atoms with Crippen LogP contribution >= 0.6 is 0 Å². The first-order valence-corrected chi connectivity index (χ1v) is 7.16. The molecule has 0 aliphatic carbocycles. The molecule has 0 saturated carbocycles. The number of H-pyrrole nitrogens is 1. The van der Waals surface area contributed by atoms with Crippen LogP contribution in [0.1, 0.15) is 6.23 Å². The van der Waals surface area contributed by atoms with E-state index < -0.39 is 42.3 Å². The van der Waals surface area contributed by atoms with E-state index in [1.54, 1.807) is 14.1 Å². The Morgan fingerprint density at radius 3 is 2.62 bits per heavy atom. The maximum atomic E-state index is 12.5. The van der Waals surface area contributed by atoms with Gasteiger partial charge in [0.1, 0.15) is 23.8 Å². The topological polar surface area (TPSA) is 154 Å². The van der Waals surface area contributed by atoms with Gasteiger partial charge in [-0.15, -0.1) is 0 Å². The minimum Gasteiger partial charge on any atom is -0.394 e. The number of fused-ring (bicyclic) bond motifs is 1. The van der Waals surface area contributed by atoms with Gasteiger partial charge in [-0.1, -0.05) is 0 Å². The summed E-state index contributed by atoms with van der Waals surface area (Å²) in [5.41, 5.74) is -1.71. The van der Waals surface area contributed by atoms with Crippen LogP contribution in [0.2, 0.25) is 0 Å². The molecule has 130 valence electrons. The van der Waals surface area contributed by atoms with E-state index in [0.717, 1.165) is 10.9 Å². The van der Waals surface area contributed by atoms with E-state index in [2.05, 4.69) is 15.0 Å². The fourth-order valence-corrected chi connectivity index (χ4v) is 2.59. The fourth-order valence-electron chi connectivity index (χ4n) is 2.59. The third-order valence-electron chi connectivity index (χ3n) is 3.86. The van der Waals surface area contributed by atoms with Gasteiger partial charge in [0.25, 0.3) is 5.56 Å². The molecule has 4 atom stereocenters. The van der Waals surface area contributed by atoms with Crippen molar-refractivity contribution in [2.24, 2.45) is 0 Å². The second-order valence-electron chi connectivity index (χ2n) is 5.67. The van der Waals surface area contributed by atoms with Crippen LogP contribution in [0.3, 0.4) is 0 Å². The summed E-state index contributed by atoms with van der Waals surface area (Å²) in [7, 11) is 3.21. The number of aliphatic hydroxyl groups is 3. The molecule has 3 rings (SSSR count). The zero-order valence-electron chi connectivity index (χ0n) is 12.9. The summed E-state index contributed by atoms with van der Waals surface area (Å²) >= 11 is 0. The molecule has 2 aromatic heterocycles. The van der Waals surface area contributed by atoms with Crippen LogP contribution in [-0.4, -0.2) is 73.9 Å². The van der Waals surface area contributed by atoms with Gasteiger partial charge >= 0.3 is 5.56 Å². The van der Waals surface area contributed by atoms with Gasteiger partial charge in [-0.2, -0.15) is 4.98 Å². The summed E-state index contributed by atoms with van der Waals surface area (Å²) < 4.78 is 6.53. The predicted molar refractivity (Wildman–Crippen MR) is 81.8 cm³/mol. The predicted octanol–water partition coefficient (Wildman–Crippen LogP) is -2.84. The lowest BCUT2D eigenvalue weighted by Crippen LogP contribution is -2.33. The molecule has 3 heterocycles. The van der Waals surface area contributed by atoms with Gasteiger partial charge in [0, 0.05) is 14.1 Å². The fraction of sp³-hybridized carbons (Fsp3) is 0.538. The molecule has 1 saturated heterocycles. The average Bonchev–Trinajstić information content (AvgIpc) is 3.05. The standard InChI is InChI=1S/C13H17N5O6/c1-17(2)13-15-10(22)6-7(11(23)16-13)18(4-14-6)12-9(21)8(20)5(3-19)24-12/h4-5,8-9,12,19-21H,3H2,1-2H3,(H,15,16,22,23). The van der Waals surface area contributed by atoms with Crippen LogP contribution in [0.25, 0.3) is 11.0 Å². The number of hydrogen-bond acceptors (Lipinski definition) is 9. The van der Waals surface area contributed by atoms with E-state index in [4.69, 9.17) is 9.84 Å². The van der Waals surface area contributed by atoms with Crippen LogP contribution in [0.4, 0.5) is 5.95 Å². The summed E-state index contributed by atoms with van der Waals surface area (Å²) in [5, 5.41) is 29.1. The molecule has 0 radical (unpaired) electrons. The van der Waals surface area contributed by atoms with Crippen molar-refractivity contribution < 1.29 is 20.1 Å². The minimum atomic E-state index is -1.40. The SMILES string of the molecule is CN(C)c1nc(=O)c2ncn(C3OC(CO)C(O)C3O)c2c(=O)[nH]1. The van der Waals surface area contributed by atoms with Crippen molar-refractivity contribution in [3.63, 3.8) is 0 Å². The van der Waals surface area contributed by atoms with E-state index in [9.17, 15) is 19.8 Å². The highest BCUT2D eigenvalue weighted by Gasteiger charge is 2.44. The molecule has 1 aliphatic heterocycles. The van der Waals surface area contributed by atoms with Crippen LogP contribution in [0.5, 0.6) is 0 Å². The molecule has 0 aromatic carbocycles. The number of aromatic nitrogens is 4. The first-order chi connectivity index (χ1) is 11.3. The third-order valence-corrected chi connectivity index (χ3v) is 3.86. The molecular weight excluding hydrogens is 322 g/mol. The number of imidazole rings is 1. The van der Waals surface area contributed by atoms with Gasteiger partial charge < -0.3 is 25.0 Å². The van der Waals surface area contributed by atoms with Gasteiger partial charge in [0.15, 0.2) is 11.7 Å². The Balaban J connectivity index is 2.22. The van der Waals surface area contributed by atoms with Gasteiger partial charge in [-0.3, -0.25) is 19.1 Å². The molecule has 0 spiro atoms. The van der Waals surface area contributed by atoms with E-state index in [-0.39, 0.29) is 17.0 Å². The van der Waals surface area contributed by atoms with Gasteiger partial charge in [0.05, 0.1) is 12.9 Å². The number of anilines is 1. The van der Waals surface area contributed by atoms with Crippen LogP contribution in [0, 0.1) is 0 Å². The van der Waals surface area contributed by atoms with Crippen molar-refractivity contribution in [2.75, 3.05) is 25.6 Å². The van der Waals surface area contributed by atoms with E-state index in [1.165, 1.54) is 4.90 Å². The summed E-state index contributed by atoms with van der Waals surface area (Å²) in [6, 6.07) is 0. The van der Waals surface area contributed by atoms with Crippen molar-refractivity contribution >= 4 is 17.0 Å². The Bertz CT molecular complexity index is 877. The first kappa shape index (κ1) is 16.5. The molecule has 0 amide bonds. The summed E-state index contributed by atoms with van der Waals surface area (Å²) in [5.74, 6) is 0.0516. The Labute approximate surface area is 134 Å². The maximum absolute atomic E-state index is 12.5. The smallest absolute Gasteiger partial charge is 0.301 e. The summed E-state index contributed by atoms with van der Waals surface area (Å²) in [6.07, 6.45) is -3.77. The van der Waals surface area contributed by atoms with Crippen molar-refractivity contribution in [3.05, 3.63) is 27.0 Å². The van der Waals surface area contributed by atoms with Crippen LogP contribution in [0.15, 0.2) is 15.9 Å². The van der Waals surface area contributed by atoms with Crippen molar-refractivity contribution in [3.8, 4) is 0 Å². The second-order valence-corrected chi connectivity index (χ2v) is 5.67. The molecule has 11 heteroatoms. The highest BCUT2D eigenvalue weighted by Crippen LogP contribution is 2.30. The number of hydrogen-bond donors (Lipinski definition) is 4. The molecule has 4 unspecified atom stereocenters. The largest absolute Gasteiger partial charge is 0.394 e. The van der Waals surface area contributed by atoms with E-state index in [1.807, 2.05) is 0 Å². The number of nitrogens with one attached hydrogen (secondary N) is 1. The van der Waals surface area contributed by atoms with Crippen molar-refractivity contribution in [1.82, 2.24) is 19.5 Å². The lowest BCUT2D eigenvalue weighted by molar-refractivity contribution is -0.0509. The third kappa shape index (κ3) is 2.47. The van der Waals surface area contributed by atoms with E-state index >= 15 is 0 Å². The monoisotopic (exact) mass is 339 g/mol. The highest BCUT2D eigenvalue weighted by molar-refractivity contribution is 5.73. The Hall–Kier alpha value is -2.34. The molecule has 1 fully saturated rings. The zero-order chi connectivity index (χ0) is 17.6. The van der Waals surface area contributed by atoms with E-state index in [0.29, 0.717) is 0 Å². The molecule has 2 aromatic rings. The lowest BCUT2D eigenvalue weighted by atomic mass is 10.1. The van der Waals surface area contributed by atoms with Gasteiger partial charge in [0.2, 0.25) is 5.95 Å². The van der Waals surface area contributed by atoms with Crippen molar-refractivity contribution in [1.29, 1.82) is 0 Å². The highest BCUT2D eigenvalue weighted by atomic mass is 16.6. The quantitative estimate of drug-likeness (QED) is 0.463. The van der Waals surface area contributed by atoms with Crippen molar-refractivity contribution in [2.45, 2.75) is 24.5 Å². The van der Waals surface area contributed by atoms with Gasteiger partial charge in [-0.25, -0.2) is 4.98 Å². The minimum absolute atomic E-state index is 0.0516. The number of aromatic amines is 1. The maximum Gasteiger partial charge on any atom is 0.301 e. The Morgan fingerprint density at radius 2 is 2.04 bits per heavy atom. The molecule has 24 heavy (non-hydrogen) atoms. The van der Waals surface area contributed by atoms with Crippen LogP contribution < -0.4 is 16.0 Å². The molecule has 11 nitrogen and oxygen atoms in total. The molecule has 1 aliphatic rings. The summed E-state index contributed by atoms with van der Waals surface area (Å²) in [6.45, 7) is -0.509. The summed E-state index contributed by atoms with van der Waals surface area (Å²) in [4.78, 5) is 36.2. The number of aliphatic hydroxyl groups excluding tert-OH is 3. The molecule has 0 bridgehead atoms. The lowest BCUT2D eigenvalue weighted by Gasteiger charge is -2.16.